The van der Waals surface area contributed by atoms with E-state index in [-0.39, 0.29) is 23.7 Å². The Hall–Kier alpha value is -3.21. The first-order chi connectivity index (χ1) is 12.4. The molecular formula is C21H18O5. The van der Waals surface area contributed by atoms with Crippen molar-refractivity contribution in [3.05, 3.63) is 69.8 Å². The summed E-state index contributed by atoms with van der Waals surface area (Å²) in [7, 11) is 1.30. The van der Waals surface area contributed by atoms with E-state index in [0.29, 0.717) is 16.9 Å². The number of carbonyl (C=O) groups is 3. The van der Waals surface area contributed by atoms with Crippen LogP contribution >= 0.6 is 0 Å². The highest BCUT2D eigenvalue weighted by Crippen LogP contribution is 2.30. The zero-order valence-electron chi connectivity index (χ0n) is 14.8. The van der Waals surface area contributed by atoms with E-state index in [9.17, 15) is 14.4 Å². The SMILES string of the molecule is COC(=O)COc1c(C)cc(C=C2C(=O)c3ccccc3C2=O)cc1C. The van der Waals surface area contributed by atoms with Crippen molar-refractivity contribution < 1.29 is 23.9 Å². The van der Waals surface area contributed by atoms with Crippen molar-refractivity contribution in [3.63, 3.8) is 0 Å². The molecule has 0 heterocycles. The lowest BCUT2D eigenvalue weighted by Crippen LogP contribution is -2.13. The summed E-state index contributed by atoms with van der Waals surface area (Å²) in [5.74, 6) is -0.390. The third kappa shape index (κ3) is 3.16. The zero-order valence-corrected chi connectivity index (χ0v) is 14.8. The molecule has 0 unspecified atom stereocenters. The van der Waals surface area contributed by atoms with Gasteiger partial charge in [-0.15, -0.1) is 0 Å². The number of benzene rings is 2. The molecule has 3 rings (SSSR count). The fourth-order valence-corrected chi connectivity index (χ4v) is 3.05. The number of allylic oxidation sites excluding steroid dienone is 1. The summed E-state index contributed by atoms with van der Waals surface area (Å²) in [4.78, 5) is 36.2. The Balaban J connectivity index is 1.92. The molecule has 26 heavy (non-hydrogen) atoms. The average Bonchev–Trinajstić information content (AvgIpc) is 2.86. The van der Waals surface area contributed by atoms with Crippen LogP contribution in [0.25, 0.3) is 6.08 Å². The maximum atomic E-state index is 12.5. The first-order valence-electron chi connectivity index (χ1n) is 8.13. The Morgan fingerprint density at radius 3 is 2.04 bits per heavy atom. The topological polar surface area (TPSA) is 69.7 Å². The molecule has 0 aliphatic heterocycles. The Morgan fingerprint density at radius 1 is 1.00 bits per heavy atom. The highest BCUT2D eigenvalue weighted by atomic mass is 16.6. The van der Waals surface area contributed by atoms with Crippen molar-refractivity contribution in [1.29, 1.82) is 0 Å². The van der Waals surface area contributed by atoms with Crippen LogP contribution in [0.5, 0.6) is 5.75 Å². The lowest BCUT2D eigenvalue weighted by atomic mass is 10.0. The van der Waals surface area contributed by atoms with Gasteiger partial charge in [-0.25, -0.2) is 4.79 Å². The van der Waals surface area contributed by atoms with Crippen molar-refractivity contribution >= 4 is 23.6 Å². The van der Waals surface area contributed by atoms with E-state index in [2.05, 4.69) is 4.74 Å². The number of carbonyl (C=O) groups excluding carboxylic acids is 3. The number of esters is 1. The van der Waals surface area contributed by atoms with E-state index in [1.807, 2.05) is 26.0 Å². The number of rotatable bonds is 4. The van der Waals surface area contributed by atoms with Gasteiger partial charge in [0.1, 0.15) is 5.75 Å². The highest BCUT2D eigenvalue weighted by Gasteiger charge is 2.32. The molecule has 2 aromatic rings. The Kier molecular flexibility index (Phi) is 4.71. The summed E-state index contributed by atoms with van der Waals surface area (Å²) in [5.41, 5.74) is 3.38. The number of hydrogen-bond acceptors (Lipinski definition) is 5. The first kappa shape index (κ1) is 17.6. The number of ether oxygens (including phenoxy) is 2. The molecule has 0 fully saturated rings. The van der Waals surface area contributed by atoms with Gasteiger partial charge >= 0.3 is 5.97 Å². The van der Waals surface area contributed by atoms with Crippen LogP contribution in [0.3, 0.4) is 0 Å². The van der Waals surface area contributed by atoms with Crippen molar-refractivity contribution in [2.24, 2.45) is 0 Å². The van der Waals surface area contributed by atoms with Crippen LogP contribution in [0.4, 0.5) is 0 Å². The van der Waals surface area contributed by atoms with Crippen LogP contribution in [0.1, 0.15) is 37.4 Å². The van der Waals surface area contributed by atoms with Crippen molar-refractivity contribution in [1.82, 2.24) is 0 Å². The summed E-state index contributed by atoms with van der Waals surface area (Å²) in [6, 6.07) is 10.4. The molecule has 132 valence electrons. The van der Waals surface area contributed by atoms with Crippen LogP contribution in [-0.2, 0) is 9.53 Å². The van der Waals surface area contributed by atoms with E-state index in [4.69, 9.17) is 4.74 Å². The summed E-state index contributed by atoms with van der Waals surface area (Å²) in [6.07, 6.45) is 1.61. The number of ketones is 2. The molecule has 0 spiro atoms. The number of hydrogen-bond donors (Lipinski definition) is 0. The maximum Gasteiger partial charge on any atom is 0.343 e. The molecule has 2 aromatic carbocycles. The monoisotopic (exact) mass is 350 g/mol. The van der Waals surface area contributed by atoms with Gasteiger partial charge in [-0.3, -0.25) is 9.59 Å². The smallest absolute Gasteiger partial charge is 0.343 e. The van der Waals surface area contributed by atoms with Crippen molar-refractivity contribution in [2.45, 2.75) is 13.8 Å². The summed E-state index contributed by atoms with van der Waals surface area (Å²) < 4.78 is 10.1. The van der Waals surface area contributed by atoms with Crippen LogP contribution in [0, 0.1) is 13.8 Å². The molecule has 5 nitrogen and oxygen atoms in total. The molecule has 1 aliphatic rings. The lowest BCUT2D eigenvalue weighted by Gasteiger charge is -2.12. The molecule has 0 radical (unpaired) electrons. The van der Waals surface area contributed by atoms with Crippen LogP contribution in [0.15, 0.2) is 42.0 Å². The fourth-order valence-electron chi connectivity index (χ4n) is 3.05. The zero-order chi connectivity index (χ0) is 18.8. The van der Waals surface area contributed by atoms with Gasteiger partial charge < -0.3 is 9.47 Å². The molecule has 5 heteroatoms. The Labute approximate surface area is 151 Å². The molecule has 1 aliphatic carbocycles. The van der Waals surface area contributed by atoms with Gasteiger partial charge in [0.05, 0.1) is 12.7 Å². The van der Waals surface area contributed by atoms with E-state index in [1.165, 1.54) is 7.11 Å². The summed E-state index contributed by atoms with van der Waals surface area (Å²) in [5, 5.41) is 0. The highest BCUT2D eigenvalue weighted by molar-refractivity contribution is 6.41. The minimum atomic E-state index is -0.463. The van der Waals surface area contributed by atoms with E-state index in [1.54, 1.807) is 30.3 Å². The van der Waals surface area contributed by atoms with Gasteiger partial charge in [-0.1, -0.05) is 24.3 Å². The summed E-state index contributed by atoms with van der Waals surface area (Å²) in [6.45, 7) is 3.51. The second kappa shape index (κ2) is 6.96. The first-order valence-corrected chi connectivity index (χ1v) is 8.13. The summed E-state index contributed by atoms with van der Waals surface area (Å²) >= 11 is 0. The standard InChI is InChI=1S/C21H18O5/c1-12-8-14(9-13(2)21(12)26-11-18(22)25-3)10-17-19(23)15-6-4-5-7-16(15)20(17)24/h4-10H,11H2,1-3H3. The predicted octanol–water partition coefficient (Wildman–Crippen LogP) is 3.32. The third-order valence-corrected chi connectivity index (χ3v) is 4.26. The van der Waals surface area contributed by atoms with Crippen LogP contribution < -0.4 is 4.74 Å². The second-order valence-electron chi connectivity index (χ2n) is 6.11. The number of Topliss-reactive ketones (excluding diaryl/α,β-unsaturated/α-hetero) is 2. The Bertz CT molecular complexity index is 893. The lowest BCUT2D eigenvalue weighted by molar-refractivity contribution is -0.142. The van der Waals surface area contributed by atoms with Gasteiger partial charge in [0.25, 0.3) is 0 Å². The minimum absolute atomic E-state index is 0.160. The molecule has 0 saturated heterocycles. The van der Waals surface area contributed by atoms with Gasteiger partial charge in [0, 0.05) is 11.1 Å². The Morgan fingerprint density at radius 2 is 1.54 bits per heavy atom. The van der Waals surface area contributed by atoms with Gasteiger partial charge in [-0.05, 0) is 48.7 Å². The van der Waals surface area contributed by atoms with Gasteiger partial charge in [-0.2, -0.15) is 0 Å². The van der Waals surface area contributed by atoms with E-state index >= 15 is 0 Å². The fraction of sp³-hybridized carbons (Fsp3) is 0.190. The normalized spacial score (nSPS) is 12.8. The second-order valence-corrected chi connectivity index (χ2v) is 6.11. The number of fused-ring (bicyclic) bond motifs is 1. The van der Waals surface area contributed by atoms with Crippen LogP contribution in [-0.4, -0.2) is 31.3 Å². The predicted molar refractivity (Wildman–Crippen MR) is 96.5 cm³/mol. The molecule has 0 N–H and O–H groups in total. The maximum absolute atomic E-state index is 12.5. The molecule has 0 aromatic heterocycles. The molecule has 0 bridgehead atoms. The number of aryl methyl sites for hydroxylation is 2. The van der Waals surface area contributed by atoms with Gasteiger partial charge in [0.15, 0.2) is 18.2 Å². The quantitative estimate of drug-likeness (QED) is 0.481. The molecule has 0 saturated carbocycles. The van der Waals surface area contributed by atoms with E-state index in [0.717, 1.165) is 16.7 Å². The average molecular weight is 350 g/mol. The molecule has 0 amide bonds. The van der Waals surface area contributed by atoms with E-state index < -0.39 is 5.97 Å². The van der Waals surface area contributed by atoms with Crippen molar-refractivity contribution in [2.75, 3.05) is 13.7 Å². The van der Waals surface area contributed by atoms with Gasteiger partial charge in [0.2, 0.25) is 0 Å². The largest absolute Gasteiger partial charge is 0.481 e. The molecule has 0 atom stereocenters. The number of methoxy groups -OCH3 is 1. The van der Waals surface area contributed by atoms with Crippen molar-refractivity contribution in [3.8, 4) is 5.75 Å². The molecular weight excluding hydrogens is 332 g/mol. The third-order valence-electron chi connectivity index (χ3n) is 4.26. The van der Waals surface area contributed by atoms with Crippen LogP contribution in [0.2, 0.25) is 0 Å². The minimum Gasteiger partial charge on any atom is -0.481 e.